The third kappa shape index (κ3) is 4.09. The molecule has 140 valence electrons. The second kappa shape index (κ2) is 7.87. The molecule has 2 unspecified atom stereocenters. The zero-order valence-electron chi connectivity index (χ0n) is 15.1. The number of halogens is 1. The third-order valence-corrected chi connectivity index (χ3v) is 6.28. The van der Waals surface area contributed by atoms with Gasteiger partial charge in [-0.2, -0.15) is 0 Å². The Balaban J connectivity index is 1.44. The molecule has 0 saturated carbocycles. The molecule has 1 amide bonds. The molecule has 3 aromatic rings. The number of amides is 1. The van der Waals surface area contributed by atoms with Gasteiger partial charge in [-0.15, -0.1) is 11.3 Å². The van der Waals surface area contributed by atoms with E-state index in [1.807, 2.05) is 35.2 Å². The van der Waals surface area contributed by atoms with Gasteiger partial charge in [0.15, 0.2) is 6.10 Å². The quantitative estimate of drug-likeness (QED) is 0.610. The Morgan fingerprint density at radius 3 is 2.96 bits per heavy atom. The van der Waals surface area contributed by atoms with E-state index in [2.05, 4.69) is 6.07 Å². The van der Waals surface area contributed by atoms with Gasteiger partial charge in [-0.25, -0.2) is 4.98 Å². The minimum absolute atomic E-state index is 0.0146. The van der Waals surface area contributed by atoms with Crippen LogP contribution in [0.25, 0.3) is 10.2 Å². The number of hydrogen-bond donors (Lipinski definition) is 0. The molecular formula is C21H21ClN2O2S. The van der Waals surface area contributed by atoms with Crippen molar-refractivity contribution in [1.82, 2.24) is 9.88 Å². The van der Waals surface area contributed by atoms with Crippen LogP contribution in [-0.2, 0) is 4.79 Å². The lowest BCUT2D eigenvalue weighted by Gasteiger charge is -2.33. The summed E-state index contributed by atoms with van der Waals surface area (Å²) in [6.07, 6.45) is 1.50. The normalized spacial score (nSPS) is 18.4. The number of benzene rings is 2. The van der Waals surface area contributed by atoms with Gasteiger partial charge in [0.2, 0.25) is 0 Å². The van der Waals surface area contributed by atoms with Crippen molar-refractivity contribution in [3.63, 3.8) is 0 Å². The molecule has 2 aromatic carbocycles. The minimum Gasteiger partial charge on any atom is -0.481 e. The minimum atomic E-state index is -0.544. The molecule has 0 N–H and O–H groups in total. The van der Waals surface area contributed by atoms with Crippen LogP contribution in [0.4, 0.5) is 0 Å². The van der Waals surface area contributed by atoms with Crippen molar-refractivity contribution in [2.24, 2.45) is 0 Å². The number of carbonyl (C=O) groups is 1. The number of fused-ring (bicyclic) bond motifs is 1. The van der Waals surface area contributed by atoms with Crippen molar-refractivity contribution in [3.8, 4) is 5.75 Å². The molecule has 1 aromatic heterocycles. The fourth-order valence-electron chi connectivity index (χ4n) is 3.50. The van der Waals surface area contributed by atoms with Gasteiger partial charge in [0.25, 0.3) is 5.91 Å². The molecule has 0 bridgehead atoms. The molecule has 4 nitrogen and oxygen atoms in total. The summed E-state index contributed by atoms with van der Waals surface area (Å²) in [5, 5.41) is 1.72. The highest BCUT2D eigenvalue weighted by atomic mass is 35.5. The molecule has 1 saturated heterocycles. The highest BCUT2D eigenvalue weighted by Crippen LogP contribution is 2.33. The molecule has 2 atom stereocenters. The lowest BCUT2D eigenvalue weighted by molar-refractivity contribution is -0.139. The lowest BCUT2D eigenvalue weighted by Crippen LogP contribution is -2.45. The van der Waals surface area contributed by atoms with Crippen molar-refractivity contribution in [2.75, 3.05) is 13.1 Å². The van der Waals surface area contributed by atoms with E-state index in [9.17, 15) is 4.79 Å². The summed E-state index contributed by atoms with van der Waals surface area (Å²) < 4.78 is 7.01. The van der Waals surface area contributed by atoms with Gasteiger partial charge in [-0.1, -0.05) is 29.8 Å². The maximum Gasteiger partial charge on any atom is 0.263 e. The highest BCUT2D eigenvalue weighted by molar-refractivity contribution is 7.18. The summed E-state index contributed by atoms with van der Waals surface area (Å²) in [6.45, 7) is 3.26. The fourth-order valence-corrected chi connectivity index (χ4v) is 4.77. The van der Waals surface area contributed by atoms with E-state index in [1.165, 1.54) is 4.70 Å². The second-order valence-electron chi connectivity index (χ2n) is 6.86. The summed E-state index contributed by atoms with van der Waals surface area (Å²) in [7, 11) is 0. The Hall–Kier alpha value is -2.11. The van der Waals surface area contributed by atoms with Crippen LogP contribution in [0.3, 0.4) is 0 Å². The number of rotatable bonds is 4. The van der Waals surface area contributed by atoms with Crippen LogP contribution in [0, 0.1) is 0 Å². The van der Waals surface area contributed by atoms with Gasteiger partial charge in [-0.3, -0.25) is 4.79 Å². The van der Waals surface area contributed by atoms with Gasteiger partial charge in [0.1, 0.15) is 5.75 Å². The molecule has 4 rings (SSSR count). The van der Waals surface area contributed by atoms with Crippen LogP contribution in [0.15, 0.2) is 48.5 Å². The number of thiazole rings is 1. The first-order chi connectivity index (χ1) is 13.1. The Bertz CT molecular complexity index is 925. The van der Waals surface area contributed by atoms with Crippen molar-refractivity contribution in [3.05, 3.63) is 58.6 Å². The summed E-state index contributed by atoms with van der Waals surface area (Å²) in [5.41, 5.74) is 1.04. The van der Waals surface area contributed by atoms with E-state index in [4.69, 9.17) is 21.3 Å². The van der Waals surface area contributed by atoms with Gasteiger partial charge < -0.3 is 9.64 Å². The van der Waals surface area contributed by atoms with Crippen molar-refractivity contribution in [2.45, 2.75) is 31.8 Å². The summed E-state index contributed by atoms with van der Waals surface area (Å²) >= 11 is 7.73. The average Bonchev–Trinajstić information content (AvgIpc) is 3.12. The van der Waals surface area contributed by atoms with Crippen LogP contribution in [0.2, 0.25) is 5.02 Å². The van der Waals surface area contributed by atoms with E-state index in [-0.39, 0.29) is 5.91 Å². The molecule has 1 aliphatic heterocycles. The molecule has 2 heterocycles. The van der Waals surface area contributed by atoms with Gasteiger partial charge in [-0.05, 0) is 50.1 Å². The van der Waals surface area contributed by atoms with E-state index in [0.29, 0.717) is 23.2 Å². The van der Waals surface area contributed by atoms with Crippen LogP contribution in [-0.4, -0.2) is 35.0 Å². The number of piperidine rings is 1. The Kier molecular flexibility index (Phi) is 5.32. The number of ether oxygens (including phenoxy) is 1. The molecule has 1 aliphatic rings. The van der Waals surface area contributed by atoms with Crippen molar-refractivity contribution >= 4 is 39.1 Å². The smallest absolute Gasteiger partial charge is 0.263 e. The van der Waals surface area contributed by atoms with Crippen LogP contribution >= 0.6 is 22.9 Å². The summed E-state index contributed by atoms with van der Waals surface area (Å²) in [6, 6.07) is 15.3. The SMILES string of the molecule is CC(Oc1cccc(Cl)c1)C(=O)N1CCCC(c2nc3ccccc3s2)C1. The topological polar surface area (TPSA) is 42.4 Å². The zero-order valence-corrected chi connectivity index (χ0v) is 16.7. The molecule has 6 heteroatoms. The van der Waals surface area contributed by atoms with Crippen LogP contribution in [0.1, 0.15) is 30.7 Å². The number of hydrogen-bond acceptors (Lipinski definition) is 4. The standard InChI is InChI=1S/C21H21ClN2O2S/c1-14(26-17-8-4-7-16(22)12-17)21(25)24-11-5-6-15(13-24)20-23-18-9-2-3-10-19(18)27-20/h2-4,7-10,12,14-15H,5-6,11,13H2,1H3. The van der Waals surface area contributed by atoms with E-state index >= 15 is 0 Å². The van der Waals surface area contributed by atoms with E-state index < -0.39 is 6.10 Å². The zero-order chi connectivity index (χ0) is 18.8. The highest BCUT2D eigenvalue weighted by Gasteiger charge is 2.30. The molecule has 0 aliphatic carbocycles. The van der Waals surface area contributed by atoms with E-state index in [0.717, 1.165) is 29.9 Å². The number of aromatic nitrogens is 1. The Morgan fingerprint density at radius 1 is 1.30 bits per heavy atom. The fraction of sp³-hybridized carbons (Fsp3) is 0.333. The predicted octanol–water partition coefficient (Wildman–Crippen LogP) is 5.12. The maximum absolute atomic E-state index is 12.9. The second-order valence-corrected chi connectivity index (χ2v) is 8.36. The predicted molar refractivity (Wildman–Crippen MR) is 110 cm³/mol. The molecule has 0 radical (unpaired) electrons. The number of likely N-dealkylation sites (tertiary alicyclic amines) is 1. The number of carbonyl (C=O) groups excluding carboxylic acids is 1. The molecule has 0 spiro atoms. The summed E-state index contributed by atoms with van der Waals surface area (Å²) in [4.78, 5) is 19.6. The Morgan fingerprint density at radius 2 is 2.15 bits per heavy atom. The Labute approximate surface area is 167 Å². The molecular weight excluding hydrogens is 380 g/mol. The van der Waals surface area contributed by atoms with Gasteiger partial charge in [0.05, 0.1) is 15.2 Å². The maximum atomic E-state index is 12.9. The largest absolute Gasteiger partial charge is 0.481 e. The number of nitrogens with zero attached hydrogens (tertiary/aromatic N) is 2. The van der Waals surface area contributed by atoms with E-state index in [1.54, 1.807) is 30.4 Å². The lowest BCUT2D eigenvalue weighted by atomic mass is 9.98. The van der Waals surface area contributed by atoms with Crippen LogP contribution in [0.5, 0.6) is 5.75 Å². The van der Waals surface area contributed by atoms with Gasteiger partial charge >= 0.3 is 0 Å². The molecule has 27 heavy (non-hydrogen) atoms. The first kappa shape index (κ1) is 18.3. The van der Waals surface area contributed by atoms with Crippen molar-refractivity contribution < 1.29 is 9.53 Å². The van der Waals surface area contributed by atoms with Gasteiger partial charge in [0, 0.05) is 24.0 Å². The first-order valence-corrected chi connectivity index (χ1v) is 10.4. The molecule has 1 fully saturated rings. The monoisotopic (exact) mass is 400 g/mol. The average molecular weight is 401 g/mol. The first-order valence-electron chi connectivity index (χ1n) is 9.16. The van der Waals surface area contributed by atoms with Crippen molar-refractivity contribution in [1.29, 1.82) is 0 Å². The summed E-state index contributed by atoms with van der Waals surface area (Å²) in [5.74, 6) is 0.919. The third-order valence-electron chi connectivity index (χ3n) is 4.85. The van der Waals surface area contributed by atoms with Crippen LogP contribution < -0.4 is 4.74 Å². The number of para-hydroxylation sites is 1.